The summed E-state index contributed by atoms with van der Waals surface area (Å²) in [6.45, 7) is 11.2. The Morgan fingerprint density at radius 3 is 2.29 bits per heavy atom. The molecule has 1 saturated heterocycles. The quantitative estimate of drug-likeness (QED) is 0.345. The first-order valence-electron chi connectivity index (χ1n) is 13.4. The number of nitrogens with two attached hydrogens (primary N) is 1. The summed E-state index contributed by atoms with van der Waals surface area (Å²) < 4.78 is 0. The van der Waals surface area contributed by atoms with Crippen LogP contribution in [0.4, 0.5) is 5.69 Å². The van der Waals surface area contributed by atoms with Gasteiger partial charge >= 0.3 is 0 Å². The highest BCUT2D eigenvalue weighted by Crippen LogP contribution is 2.26. The summed E-state index contributed by atoms with van der Waals surface area (Å²) in [4.78, 5) is 16.2. The number of halogens is 1. The number of aryl methyl sites for hydroxylation is 2. The summed E-state index contributed by atoms with van der Waals surface area (Å²) in [7, 11) is 0. The third-order valence-corrected chi connectivity index (χ3v) is 7.42. The summed E-state index contributed by atoms with van der Waals surface area (Å²) >= 11 is 6.02. The van der Waals surface area contributed by atoms with Crippen molar-refractivity contribution in [2.45, 2.75) is 71.4 Å². The first kappa shape index (κ1) is 27.7. The van der Waals surface area contributed by atoms with Crippen molar-refractivity contribution in [1.29, 1.82) is 0 Å². The van der Waals surface area contributed by atoms with E-state index >= 15 is 0 Å². The van der Waals surface area contributed by atoms with E-state index in [1.807, 2.05) is 12.1 Å². The van der Waals surface area contributed by atoms with E-state index in [0.717, 1.165) is 56.8 Å². The normalized spacial score (nSPS) is 18.4. The van der Waals surface area contributed by atoms with Gasteiger partial charge in [-0.05, 0) is 92.3 Å². The molecule has 0 bridgehead atoms. The van der Waals surface area contributed by atoms with Gasteiger partial charge < -0.3 is 20.3 Å². The smallest absolute Gasteiger partial charge is 0.136 e. The van der Waals surface area contributed by atoms with Gasteiger partial charge in [0.1, 0.15) is 6.29 Å². The number of anilines is 1. The van der Waals surface area contributed by atoms with Gasteiger partial charge in [-0.2, -0.15) is 0 Å². The number of piperidine rings is 1. The molecule has 3 atom stereocenters. The number of benzene rings is 2. The minimum absolute atomic E-state index is 0.341. The second-order valence-corrected chi connectivity index (χ2v) is 11.3. The van der Waals surface area contributed by atoms with Gasteiger partial charge in [0, 0.05) is 36.4 Å². The van der Waals surface area contributed by atoms with Crippen molar-refractivity contribution in [3.8, 4) is 0 Å². The Morgan fingerprint density at radius 2 is 1.69 bits per heavy atom. The van der Waals surface area contributed by atoms with E-state index in [1.54, 1.807) is 0 Å². The molecule has 2 aromatic carbocycles. The average Bonchev–Trinajstić information content (AvgIpc) is 2.84. The van der Waals surface area contributed by atoms with Crippen LogP contribution in [0.2, 0.25) is 5.02 Å². The molecule has 0 saturated carbocycles. The Labute approximate surface area is 217 Å². The van der Waals surface area contributed by atoms with Gasteiger partial charge in [0.05, 0.1) is 6.04 Å². The molecule has 1 aliphatic heterocycles. The lowest BCUT2D eigenvalue weighted by Crippen LogP contribution is -2.49. The number of likely N-dealkylation sites (tertiary alicyclic amines) is 1. The third-order valence-electron chi connectivity index (χ3n) is 7.17. The number of carbonyl (C=O) groups is 1. The molecule has 3 unspecified atom stereocenters. The molecule has 1 fully saturated rings. The van der Waals surface area contributed by atoms with Gasteiger partial charge in [-0.25, -0.2) is 0 Å². The van der Waals surface area contributed by atoms with Crippen molar-refractivity contribution in [2.75, 3.05) is 31.1 Å². The van der Waals surface area contributed by atoms with Gasteiger partial charge in [0.2, 0.25) is 0 Å². The van der Waals surface area contributed by atoms with E-state index in [4.69, 9.17) is 17.3 Å². The molecule has 35 heavy (non-hydrogen) atoms. The summed E-state index contributed by atoms with van der Waals surface area (Å²) in [6, 6.07) is 17.6. The van der Waals surface area contributed by atoms with Crippen LogP contribution in [0, 0.1) is 11.8 Å². The van der Waals surface area contributed by atoms with Crippen molar-refractivity contribution in [3.05, 3.63) is 64.7 Å². The summed E-state index contributed by atoms with van der Waals surface area (Å²) in [6.07, 6.45) is 7.34. The van der Waals surface area contributed by atoms with E-state index < -0.39 is 0 Å². The van der Waals surface area contributed by atoms with E-state index in [9.17, 15) is 4.79 Å². The van der Waals surface area contributed by atoms with Crippen LogP contribution in [0.5, 0.6) is 0 Å². The first-order valence-corrected chi connectivity index (χ1v) is 13.7. The lowest BCUT2D eigenvalue weighted by atomic mass is 9.97. The Bertz CT molecular complexity index is 883. The fourth-order valence-corrected chi connectivity index (χ4v) is 5.33. The Kier molecular flexibility index (Phi) is 11.1. The average molecular weight is 498 g/mol. The molecule has 5 heteroatoms. The molecule has 0 spiro atoms. The van der Waals surface area contributed by atoms with Crippen LogP contribution in [0.1, 0.15) is 57.6 Å². The van der Waals surface area contributed by atoms with Crippen LogP contribution in [-0.2, 0) is 17.6 Å². The molecule has 0 aliphatic carbocycles. The second kappa shape index (κ2) is 14.0. The zero-order valence-electron chi connectivity index (χ0n) is 21.8. The fraction of sp³-hybridized carbons (Fsp3) is 0.567. The van der Waals surface area contributed by atoms with E-state index in [1.165, 1.54) is 36.1 Å². The highest BCUT2D eigenvalue weighted by molar-refractivity contribution is 6.30. The summed E-state index contributed by atoms with van der Waals surface area (Å²) in [5.41, 5.74) is 9.90. The van der Waals surface area contributed by atoms with Crippen molar-refractivity contribution in [1.82, 2.24) is 4.90 Å². The van der Waals surface area contributed by atoms with Gasteiger partial charge in [0.15, 0.2) is 0 Å². The van der Waals surface area contributed by atoms with Crippen LogP contribution in [0.15, 0.2) is 48.5 Å². The lowest BCUT2D eigenvalue weighted by molar-refractivity contribution is -0.109. The number of aldehydes is 1. The Hall–Kier alpha value is -1.88. The lowest BCUT2D eigenvalue weighted by Gasteiger charge is -2.42. The minimum atomic E-state index is -0.341. The molecule has 3 rings (SSSR count). The van der Waals surface area contributed by atoms with Crippen LogP contribution in [0.25, 0.3) is 0 Å². The topological polar surface area (TPSA) is 49.6 Å². The zero-order chi connectivity index (χ0) is 25.2. The third kappa shape index (κ3) is 9.25. The van der Waals surface area contributed by atoms with Crippen molar-refractivity contribution in [2.24, 2.45) is 17.6 Å². The molecule has 0 amide bonds. The summed E-state index contributed by atoms with van der Waals surface area (Å²) in [5, 5.41) is 0.792. The molecule has 2 aromatic rings. The molecule has 2 N–H and O–H groups in total. The number of hydrogen-bond acceptors (Lipinski definition) is 4. The van der Waals surface area contributed by atoms with Gasteiger partial charge in [-0.3, -0.25) is 0 Å². The second-order valence-electron chi connectivity index (χ2n) is 10.9. The van der Waals surface area contributed by atoms with Crippen molar-refractivity contribution in [3.63, 3.8) is 0 Å². The maximum atomic E-state index is 11.0. The molecule has 1 aliphatic rings. The van der Waals surface area contributed by atoms with E-state index in [-0.39, 0.29) is 6.04 Å². The highest BCUT2D eigenvalue weighted by Gasteiger charge is 2.27. The van der Waals surface area contributed by atoms with Crippen molar-refractivity contribution >= 4 is 23.6 Å². The molecule has 0 radical (unpaired) electrons. The predicted molar refractivity (Wildman–Crippen MR) is 149 cm³/mol. The molecule has 192 valence electrons. The molecule has 4 nitrogen and oxygen atoms in total. The number of hydrogen-bond donors (Lipinski definition) is 1. The van der Waals surface area contributed by atoms with Crippen LogP contribution >= 0.6 is 11.6 Å². The number of rotatable bonds is 13. The van der Waals surface area contributed by atoms with Crippen LogP contribution in [0.3, 0.4) is 0 Å². The molecule has 1 heterocycles. The standard InChI is InChI=1S/C30H44ClN3O/c1-23(2)16-18-34(30-5-4-17-33(21-30)20-24(3)19-28(32)22-35)29-14-10-26(11-15-29)7-6-25-8-12-27(31)13-9-25/h8-15,22-24,28,30H,4-7,16-21,32H2,1-3H3. The first-order chi connectivity index (χ1) is 16.8. The minimum Gasteiger partial charge on any atom is -0.367 e. The Morgan fingerprint density at radius 1 is 1.06 bits per heavy atom. The SMILES string of the molecule is CC(C)CCN(c1ccc(CCc2ccc(Cl)cc2)cc1)C1CCCN(CC(C)CC(N)C=O)C1. The van der Waals surface area contributed by atoms with Crippen LogP contribution < -0.4 is 10.6 Å². The van der Waals surface area contributed by atoms with Crippen molar-refractivity contribution < 1.29 is 4.79 Å². The monoisotopic (exact) mass is 497 g/mol. The highest BCUT2D eigenvalue weighted by atomic mass is 35.5. The fourth-order valence-electron chi connectivity index (χ4n) is 5.20. The molecular formula is C30H44ClN3O. The molecular weight excluding hydrogens is 454 g/mol. The Balaban J connectivity index is 1.63. The van der Waals surface area contributed by atoms with E-state index in [0.29, 0.717) is 17.9 Å². The maximum absolute atomic E-state index is 11.0. The maximum Gasteiger partial charge on any atom is 0.136 e. The van der Waals surface area contributed by atoms with Gasteiger partial charge in [-0.1, -0.05) is 56.6 Å². The largest absolute Gasteiger partial charge is 0.367 e. The van der Waals surface area contributed by atoms with Crippen LogP contribution in [-0.4, -0.2) is 49.4 Å². The van der Waals surface area contributed by atoms with Gasteiger partial charge in [-0.15, -0.1) is 0 Å². The van der Waals surface area contributed by atoms with E-state index in [2.05, 4.69) is 67.0 Å². The molecule has 0 aromatic heterocycles. The zero-order valence-corrected chi connectivity index (χ0v) is 22.6. The predicted octanol–water partition coefficient (Wildman–Crippen LogP) is 5.99. The number of carbonyl (C=O) groups excluding carboxylic acids is 1. The van der Waals surface area contributed by atoms with Gasteiger partial charge in [0.25, 0.3) is 0 Å². The summed E-state index contributed by atoms with van der Waals surface area (Å²) in [5.74, 6) is 1.11. The number of nitrogens with zero attached hydrogens (tertiary/aromatic N) is 2.